The fraction of sp³-hybridized carbons (Fsp3) is 0.471. The highest BCUT2D eigenvalue weighted by Crippen LogP contribution is 2.27. The molecule has 0 bridgehead atoms. The summed E-state index contributed by atoms with van der Waals surface area (Å²) in [6.07, 6.45) is 2.16. The van der Waals surface area contributed by atoms with Gasteiger partial charge in [0.15, 0.2) is 0 Å². The molecule has 6 heteroatoms. The quantitative estimate of drug-likeness (QED) is 0.475. The van der Waals surface area contributed by atoms with Crippen molar-refractivity contribution in [1.29, 1.82) is 0 Å². The van der Waals surface area contributed by atoms with E-state index in [1.807, 2.05) is 50.3 Å². The first-order valence-corrected chi connectivity index (χ1v) is 8.13. The summed E-state index contributed by atoms with van der Waals surface area (Å²) in [7, 11) is 1.55. The molecule has 0 fully saturated rings. The van der Waals surface area contributed by atoms with Crippen LogP contribution in [0.5, 0.6) is 0 Å². The van der Waals surface area contributed by atoms with Crippen molar-refractivity contribution in [3.63, 3.8) is 0 Å². The fourth-order valence-electron chi connectivity index (χ4n) is 2.15. The van der Waals surface area contributed by atoms with Crippen LogP contribution in [0, 0.1) is 16.0 Å². The van der Waals surface area contributed by atoms with Crippen LogP contribution in [0.15, 0.2) is 34.8 Å². The number of carbonyl (C=O) groups excluding carboxylic acids is 1. The van der Waals surface area contributed by atoms with E-state index >= 15 is 0 Å². The highest BCUT2D eigenvalue weighted by Gasteiger charge is 2.27. The number of carbonyl (C=O) groups is 1. The minimum absolute atomic E-state index is 0.0536. The van der Waals surface area contributed by atoms with Crippen molar-refractivity contribution in [3.05, 3.63) is 50.5 Å². The van der Waals surface area contributed by atoms with Crippen molar-refractivity contribution in [2.45, 2.75) is 32.3 Å². The van der Waals surface area contributed by atoms with Crippen molar-refractivity contribution >= 4 is 27.8 Å². The number of hydrogen-bond acceptors (Lipinski definition) is 4. The molecule has 0 aliphatic carbocycles. The third-order valence-corrected chi connectivity index (χ3v) is 4.39. The molecule has 0 radical (unpaired) electrons. The van der Waals surface area contributed by atoms with Crippen LogP contribution in [-0.4, -0.2) is 30.0 Å². The fourth-order valence-corrected chi connectivity index (χ4v) is 2.72. The van der Waals surface area contributed by atoms with Gasteiger partial charge in [-0.3, -0.25) is 14.9 Å². The van der Waals surface area contributed by atoms with E-state index in [4.69, 9.17) is 4.74 Å². The molecule has 0 amide bonds. The van der Waals surface area contributed by atoms with Gasteiger partial charge in [-0.2, -0.15) is 0 Å². The molecule has 0 heterocycles. The predicted molar refractivity (Wildman–Crippen MR) is 94.0 cm³/mol. The molecule has 0 unspecified atom stereocenters. The molecule has 0 saturated heterocycles. The summed E-state index contributed by atoms with van der Waals surface area (Å²) in [5.74, 6) is -0.535. The van der Waals surface area contributed by atoms with Gasteiger partial charge in [0.2, 0.25) is 6.54 Å². The molecule has 1 rings (SSSR count). The van der Waals surface area contributed by atoms with Crippen LogP contribution in [0.25, 0.3) is 6.08 Å². The van der Waals surface area contributed by atoms with Crippen LogP contribution < -0.4 is 0 Å². The van der Waals surface area contributed by atoms with E-state index in [1.165, 1.54) is 0 Å². The molecule has 1 atom stereocenters. The lowest BCUT2D eigenvalue weighted by Gasteiger charge is -2.22. The Morgan fingerprint density at radius 1 is 1.39 bits per heavy atom. The standard InChI is InChI=1S/C17H22BrNO4/c1-17(2,23-3)11-15(20)10-14(12-19(21)22)16(18)9-13-7-5-4-6-8-13/h4-9,14H,10-12H2,1-3H3/b16-9-/t14-/m0/s1. The lowest BCUT2D eigenvalue weighted by Crippen LogP contribution is -2.28. The summed E-state index contributed by atoms with van der Waals surface area (Å²) in [6.45, 7) is 3.35. The number of hydrogen-bond donors (Lipinski definition) is 0. The van der Waals surface area contributed by atoms with Crippen molar-refractivity contribution in [1.82, 2.24) is 0 Å². The molecule has 5 nitrogen and oxygen atoms in total. The molecule has 0 aliphatic heterocycles. The summed E-state index contributed by atoms with van der Waals surface area (Å²) >= 11 is 3.41. The van der Waals surface area contributed by atoms with E-state index in [-0.39, 0.29) is 30.1 Å². The van der Waals surface area contributed by atoms with Crippen LogP contribution in [0.3, 0.4) is 0 Å². The van der Waals surface area contributed by atoms with Crippen molar-refractivity contribution < 1.29 is 14.5 Å². The Morgan fingerprint density at radius 3 is 2.52 bits per heavy atom. The number of halogens is 1. The Balaban J connectivity index is 2.85. The number of ether oxygens (including phenoxy) is 1. The zero-order chi connectivity index (χ0) is 17.5. The average molecular weight is 384 g/mol. The molecule has 0 aromatic heterocycles. The Bertz CT molecular complexity index is 569. The van der Waals surface area contributed by atoms with E-state index in [9.17, 15) is 14.9 Å². The highest BCUT2D eigenvalue weighted by atomic mass is 79.9. The van der Waals surface area contributed by atoms with Crippen LogP contribution in [0.2, 0.25) is 0 Å². The van der Waals surface area contributed by atoms with Gasteiger partial charge in [0.05, 0.1) is 11.5 Å². The zero-order valence-corrected chi connectivity index (χ0v) is 15.2. The number of rotatable bonds is 9. The first kappa shape index (κ1) is 19.5. The van der Waals surface area contributed by atoms with Gasteiger partial charge in [-0.25, -0.2) is 0 Å². The second-order valence-corrected chi connectivity index (χ2v) is 6.95. The molecular weight excluding hydrogens is 362 g/mol. The molecule has 23 heavy (non-hydrogen) atoms. The highest BCUT2D eigenvalue weighted by molar-refractivity contribution is 9.11. The van der Waals surface area contributed by atoms with Gasteiger partial charge < -0.3 is 4.74 Å². The maximum Gasteiger partial charge on any atom is 0.211 e. The zero-order valence-electron chi connectivity index (χ0n) is 13.6. The lowest BCUT2D eigenvalue weighted by atomic mass is 9.94. The number of nitro groups is 1. The van der Waals surface area contributed by atoms with Crippen molar-refractivity contribution in [2.75, 3.05) is 13.7 Å². The largest absolute Gasteiger partial charge is 0.378 e. The number of benzene rings is 1. The minimum atomic E-state index is -0.564. The summed E-state index contributed by atoms with van der Waals surface area (Å²) in [6, 6.07) is 9.48. The summed E-state index contributed by atoms with van der Waals surface area (Å²) < 4.78 is 5.90. The van der Waals surface area contributed by atoms with Gasteiger partial charge in [-0.05, 0) is 25.5 Å². The maximum atomic E-state index is 12.2. The van der Waals surface area contributed by atoms with E-state index in [0.29, 0.717) is 4.48 Å². The van der Waals surface area contributed by atoms with Crippen LogP contribution >= 0.6 is 15.9 Å². The molecule has 1 aromatic rings. The number of methoxy groups -OCH3 is 1. The summed E-state index contributed by atoms with van der Waals surface area (Å²) in [4.78, 5) is 22.7. The minimum Gasteiger partial charge on any atom is -0.378 e. The van der Waals surface area contributed by atoms with E-state index in [1.54, 1.807) is 7.11 Å². The van der Waals surface area contributed by atoms with Crippen LogP contribution in [0.4, 0.5) is 0 Å². The second kappa shape index (κ2) is 8.93. The smallest absolute Gasteiger partial charge is 0.211 e. The van der Waals surface area contributed by atoms with Gasteiger partial charge >= 0.3 is 0 Å². The SMILES string of the molecule is COC(C)(C)CC(=O)C[C@@H](C[N+](=O)[O-])/C(Br)=C/c1ccccc1. The van der Waals surface area contributed by atoms with Gasteiger partial charge in [-0.15, -0.1) is 0 Å². The van der Waals surface area contributed by atoms with Gasteiger partial charge in [0.25, 0.3) is 0 Å². The third kappa shape index (κ3) is 7.52. The summed E-state index contributed by atoms with van der Waals surface area (Å²) in [5, 5.41) is 10.9. The first-order chi connectivity index (χ1) is 10.7. The topological polar surface area (TPSA) is 69.4 Å². The Hall–Kier alpha value is -1.53. The third-order valence-electron chi connectivity index (χ3n) is 3.51. The second-order valence-electron chi connectivity index (χ2n) is 6.04. The normalized spacial score (nSPS) is 13.7. The van der Waals surface area contributed by atoms with Crippen molar-refractivity contribution in [2.24, 2.45) is 5.92 Å². The van der Waals surface area contributed by atoms with Gasteiger partial charge in [0.1, 0.15) is 5.78 Å². The molecule has 0 N–H and O–H groups in total. The first-order valence-electron chi connectivity index (χ1n) is 7.34. The molecule has 0 saturated carbocycles. The molecule has 0 aliphatic rings. The average Bonchev–Trinajstić information content (AvgIpc) is 2.46. The molecule has 1 aromatic carbocycles. The Kier molecular flexibility index (Phi) is 7.58. The Morgan fingerprint density at radius 2 is 2.00 bits per heavy atom. The molecule has 0 spiro atoms. The van der Waals surface area contributed by atoms with E-state index in [0.717, 1.165) is 5.56 Å². The maximum absolute atomic E-state index is 12.2. The predicted octanol–water partition coefficient (Wildman–Crippen LogP) is 4.09. The van der Waals surface area contributed by atoms with Crippen LogP contribution in [-0.2, 0) is 9.53 Å². The Labute approximate surface area is 145 Å². The number of nitrogens with zero attached hydrogens (tertiary/aromatic N) is 1. The van der Waals surface area contributed by atoms with Gasteiger partial charge in [0, 0.05) is 29.4 Å². The van der Waals surface area contributed by atoms with E-state index in [2.05, 4.69) is 15.9 Å². The van der Waals surface area contributed by atoms with Crippen LogP contribution in [0.1, 0.15) is 32.3 Å². The van der Waals surface area contributed by atoms with Gasteiger partial charge in [-0.1, -0.05) is 46.3 Å². The monoisotopic (exact) mass is 383 g/mol. The summed E-state index contributed by atoms with van der Waals surface area (Å²) in [5.41, 5.74) is 0.365. The molecule has 126 valence electrons. The number of Topliss-reactive ketones (excluding diaryl/α,β-unsaturated/α-hetero) is 1. The van der Waals surface area contributed by atoms with Crippen molar-refractivity contribution in [3.8, 4) is 0 Å². The van der Waals surface area contributed by atoms with E-state index < -0.39 is 11.5 Å². The molecular formula is C17H22BrNO4. The lowest BCUT2D eigenvalue weighted by molar-refractivity contribution is -0.485. The number of ketones is 1.